The summed E-state index contributed by atoms with van der Waals surface area (Å²) in [4.78, 5) is 12.2. The zero-order valence-corrected chi connectivity index (χ0v) is 10.7. The van der Waals surface area contributed by atoms with Gasteiger partial charge in [-0.25, -0.2) is 0 Å². The molecule has 0 aliphatic heterocycles. The molecular formula is C11H15N3O2S. The van der Waals surface area contributed by atoms with Crippen LogP contribution in [0.1, 0.15) is 29.9 Å². The third-order valence-corrected chi connectivity index (χ3v) is 3.65. The summed E-state index contributed by atoms with van der Waals surface area (Å²) >= 11 is 4.92. The van der Waals surface area contributed by atoms with Gasteiger partial charge in [0.05, 0.1) is 16.1 Å². The zero-order valence-electron chi connectivity index (χ0n) is 9.87. The average Bonchev–Trinajstić information content (AvgIpc) is 3.02. The van der Waals surface area contributed by atoms with Gasteiger partial charge in [0, 0.05) is 12.1 Å². The first-order valence-electron chi connectivity index (χ1n) is 5.47. The number of nitrogens with one attached hydrogen (secondary N) is 1. The summed E-state index contributed by atoms with van der Waals surface area (Å²) in [6.07, 6.45) is 1.49. The molecule has 6 heteroatoms. The van der Waals surface area contributed by atoms with Gasteiger partial charge in [-0.3, -0.25) is 4.79 Å². The Balaban J connectivity index is 2.00. The second kappa shape index (κ2) is 4.10. The fourth-order valence-corrected chi connectivity index (χ4v) is 2.10. The molecule has 1 amide bonds. The molecule has 17 heavy (non-hydrogen) atoms. The maximum absolute atomic E-state index is 12.0. The molecule has 0 bridgehead atoms. The van der Waals surface area contributed by atoms with E-state index in [4.69, 9.17) is 22.5 Å². The van der Waals surface area contributed by atoms with E-state index in [0.29, 0.717) is 6.54 Å². The van der Waals surface area contributed by atoms with Crippen molar-refractivity contribution in [2.24, 2.45) is 11.1 Å². The molecule has 1 aromatic rings. The molecule has 2 rings (SSSR count). The number of aryl methyl sites for hydroxylation is 2. The van der Waals surface area contributed by atoms with Crippen molar-refractivity contribution in [2.75, 3.05) is 0 Å². The lowest BCUT2D eigenvalue weighted by Crippen LogP contribution is -2.39. The largest absolute Gasteiger partial charge is 0.392 e. The van der Waals surface area contributed by atoms with Crippen LogP contribution in [0.15, 0.2) is 4.52 Å². The molecule has 1 aliphatic rings. The lowest BCUT2D eigenvalue weighted by Gasteiger charge is -2.13. The van der Waals surface area contributed by atoms with Gasteiger partial charge in [-0.15, -0.1) is 0 Å². The van der Waals surface area contributed by atoms with E-state index >= 15 is 0 Å². The second-order valence-corrected chi connectivity index (χ2v) is 4.87. The maximum atomic E-state index is 12.0. The highest BCUT2D eigenvalue weighted by Gasteiger charge is 2.52. The predicted octanol–water partition coefficient (Wildman–Crippen LogP) is 0.974. The minimum Gasteiger partial charge on any atom is -0.392 e. The Hall–Kier alpha value is -1.43. The molecule has 0 aromatic carbocycles. The number of nitrogens with two attached hydrogens (primary N) is 1. The number of carbonyl (C=O) groups excluding carboxylic acids is 1. The van der Waals surface area contributed by atoms with Gasteiger partial charge in [0.15, 0.2) is 0 Å². The van der Waals surface area contributed by atoms with Crippen molar-refractivity contribution in [2.45, 2.75) is 33.2 Å². The van der Waals surface area contributed by atoms with Crippen molar-refractivity contribution in [1.82, 2.24) is 10.5 Å². The van der Waals surface area contributed by atoms with Gasteiger partial charge in [0.2, 0.25) is 5.91 Å². The van der Waals surface area contributed by atoms with Crippen molar-refractivity contribution in [1.29, 1.82) is 0 Å². The first kappa shape index (κ1) is 12.0. The number of nitrogens with zero attached hydrogens (tertiary/aromatic N) is 1. The van der Waals surface area contributed by atoms with E-state index < -0.39 is 5.41 Å². The Morgan fingerprint density at radius 2 is 2.24 bits per heavy atom. The van der Waals surface area contributed by atoms with Gasteiger partial charge in [-0.05, 0) is 26.7 Å². The van der Waals surface area contributed by atoms with E-state index in [2.05, 4.69) is 10.5 Å². The highest BCUT2D eigenvalue weighted by molar-refractivity contribution is 7.80. The van der Waals surface area contributed by atoms with Gasteiger partial charge >= 0.3 is 0 Å². The monoisotopic (exact) mass is 253 g/mol. The van der Waals surface area contributed by atoms with E-state index in [-0.39, 0.29) is 10.9 Å². The van der Waals surface area contributed by atoms with Crippen LogP contribution in [0.25, 0.3) is 0 Å². The normalized spacial score (nSPS) is 16.6. The van der Waals surface area contributed by atoms with E-state index in [0.717, 1.165) is 29.9 Å². The smallest absolute Gasteiger partial charge is 0.233 e. The van der Waals surface area contributed by atoms with E-state index in [1.165, 1.54) is 0 Å². The second-order valence-electron chi connectivity index (χ2n) is 4.43. The lowest BCUT2D eigenvalue weighted by atomic mass is 10.1. The molecule has 1 aromatic heterocycles. The van der Waals surface area contributed by atoms with Crippen molar-refractivity contribution < 1.29 is 9.32 Å². The van der Waals surface area contributed by atoms with Gasteiger partial charge in [0.25, 0.3) is 0 Å². The van der Waals surface area contributed by atoms with Crippen LogP contribution in [0.4, 0.5) is 0 Å². The molecule has 0 spiro atoms. The number of aromatic nitrogens is 1. The van der Waals surface area contributed by atoms with Crippen LogP contribution >= 0.6 is 12.2 Å². The third kappa shape index (κ3) is 2.04. The fourth-order valence-electron chi connectivity index (χ4n) is 1.80. The van der Waals surface area contributed by atoms with Crippen LogP contribution in [-0.2, 0) is 11.3 Å². The number of amides is 1. The Labute approximate surface area is 105 Å². The van der Waals surface area contributed by atoms with Crippen LogP contribution in [0.2, 0.25) is 0 Å². The first-order chi connectivity index (χ1) is 7.97. The van der Waals surface area contributed by atoms with Crippen LogP contribution in [0.5, 0.6) is 0 Å². The summed E-state index contributed by atoms with van der Waals surface area (Å²) in [5.74, 6) is 0.632. The minimum absolute atomic E-state index is 0.0926. The Morgan fingerprint density at radius 3 is 2.65 bits per heavy atom. The highest BCUT2D eigenvalue weighted by Crippen LogP contribution is 2.46. The molecule has 0 saturated heterocycles. The molecule has 5 nitrogen and oxygen atoms in total. The van der Waals surface area contributed by atoms with Gasteiger partial charge in [-0.1, -0.05) is 17.4 Å². The standard InChI is InChI=1S/C11H15N3O2S/c1-6-8(7(2)16-14-6)5-13-10(15)11(3-4-11)9(12)17/h3-5H2,1-2H3,(H2,12,17)(H,13,15). The summed E-state index contributed by atoms with van der Waals surface area (Å²) in [7, 11) is 0. The fraction of sp³-hybridized carbons (Fsp3) is 0.545. The maximum Gasteiger partial charge on any atom is 0.233 e. The molecule has 0 unspecified atom stereocenters. The summed E-state index contributed by atoms with van der Waals surface area (Å²) < 4.78 is 5.02. The quantitative estimate of drug-likeness (QED) is 0.782. The number of hydrogen-bond acceptors (Lipinski definition) is 4. The number of hydrogen-bond donors (Lipinski definition) is 2. The van der Waals surface area contributed by atoms with Crippen LogP contribution < -0.4 is 11.1 Å². The number of carbonyl (C=O) groups is 1. The van der Waals surface area contributed by atoms with Crippen molar-refractivity contribution >= 4 is 23.1 Å². The van der Waals surface area contributed by atoms with Crippen molar-refractivity contribution in [3.05, 3.63) is 17.0 Å². The lowest BCUT2D eigenvalue weighted by molar-refractivity contribution is -0.124. The van der Waals surface area contributed by atoms with Crippen molar-refractivity contribution in [3.63, 3.8) is 0 Å². The molecule has 0 atom stereocenters. The van der Waals surface area contributed by atoms with E-state index in [1.807, 2.05) is 13.8 Å². The summed E-state index contributed by atoms with van der Waals surface area (Å²) in [6, 6.07) is 0. The molecule has 1 saturated carbocycles. The van der Waals surface area contributed by atoms with Crippen LogP contribution in [0.3, 0.4) is 0 Å². The molecule has 0 radical (unpaired) electrons. The summed E-state index contributed by atoms with van der Waals surface area (Å²) in [5, 5.41) is 6.67. The summed E-state index contributed by atoms with van der Waals surface area (Å²) in [5.41, 5.74) is 6.69. The molecule has 1 aliphatic carbocycles. The summed E-state index contributed by atoms with van der Waals surface area (Å²) in [6.45, 7) is 4.07. The number of thiocarbonyl (C=S) groups is 1. The molecule has 1 heterocycles. The Kier molecular flexibility index (Phi) is 2.91. The minimum atomic E-state index is -0.603. The molecule has 3 N–H and O–H groups in total. The zero-order chi connectivity index (χ0) is 12.6. The van der Waals surface area contributed by atoms with Gasteiger partial charge in [-0.2, -0.15) is 0 Å². The van der Waals surface area contributed by atoms with Gasteiger partial charge in [0.1, 0.15) is 5.76 Å². The van der Waals surface area contributed by atoms with E-state index in [9.17, 15) is 4.79 Å². The van der Waals surface area contributed by atoms with E-state index in [1.54, 1.807) is 0 Å². The molecular weight excluding hydrogens is 238 g/mol. The molecule has 1 fully saturated rings. The average molecular weight is 253 g/mol. The van der Waals surface area contributed by atoms with Crippen molar-refractivity contribution in [3.8, 4) is 0 Å². The first-order valence-corrected chi connectivity index (χ1v) is 5.88. The van der Waals surface area contributed by atoms with Gasteiger partial charge < -0.3 is 15.6 Å². The van der Waals surface area contributed by atoms with Crippen LogP contribution in [-0.4, -0.2) is 16.1 Å². The Morgan fingerprint density at radius 1 is 1.59 bits per heavy atom. The third-order valence-electron chi connectivity index (χ3n) is 3.26. The number of rotatable bonds is 4. The Bertz CT molecular complexity index is 458. The topological polar surface area (TPSA) is 81.2 Å². The molecule has 92 valence electrons. The predicted molar refractivity (Wildman–Crippen MR) is 66.3 cm³/mol. The SMILES string of the molecule is Cc1noc(C)c1CNC(=O)C1(C(N)=S)CC1. The highest BCUT2D eigenvalue weighted by atomic mass is 32.1. The van der Waals surface area contributed by atoms with Crippen LogP contribution in [0, 0.1) is 19.3 Å².